The van der Waals surface area contributed by atoms with Crippen LogP contribution in [0.2, 0.25) is 0 Å². The molecule has 0 aromatic heterocycles. The fourth-order valence-electron chi connectivity index (χ4n) is 1.47. The molecule has 0 aromatic carbocycles. The van der Waals surface area contributed by atoms with Crippen molar-refractivity contribution in [2.75, 3.05) is 24.6 Å². The lowest BCUT2D eigenvalue weighted by molar-refractivity contribution is 0.485. The summed E-state index contributed by atoms with van der Waals surface area (Å²) in [5.41, 5.74) is 5.30. The number of sulfone groups is 1. The Balaban J connectivity index is 2.36. The van der Waals surface area contributed by atoms with Gasteiger partial charge in [-0.25, -0.2) is 8.42 Å². The molecule has 0 bridgehead atoms. The minimum Gasteiger partial charge on any atom is -0.329 e. The Kier molecular flexibility index (Phi) is 3.49. The largest absolute Gasteiger partial charge is 0.329 e. The lowest BCUT2D eigenvalue weighted by atomic mass is 10.2. The summed E-state index contributed by atoms with van der Waals surface area (Å²) in [6.07, 6.45) is 1.74. The van der Waals surface area contributed by atoms with Crippen molar-refractivity contribution in [3.63, 3.8) is 0 Å². The Labute approximate surface area is 73.4 Å². The summed E-state index contributed by atoms with van der Waals surface area (Å²) in [6, 6.07) is 0.132. The third-order valence-electron chi connectivity index (χ3n) is 2.04. The summed E-state index contributed by atoms with van der Waals surface area (Å²) < 4.78 is 22.3. The third-order valence-corrected chi connectivity index (χ3v) is 3.86. The van der Waals surface area contributed by atoms with Crippen molar-refractivity contribution >= 4 is 9.84 Å². The molecule has 1 rings (SSSR count). The first-order chi connectivity index (χ1) is 5.64. The summed E-state index contributed by atoms with van der Waals surface area (Å²) in [5.74, 6) is 0.640. The average molecular weight is 192 g/mol. The Hall–Kier alpha value is -0.130. The monoisotopic (exact) mass is 192 g/mol. The second-order valence-corrected chi connectivity index (χ2v) is 5.43. The molecule has 0 spiro atoms. The minimum atomic E-state index is -2.77. The van der Waals surface area contributed by atoms with Gasteiger partial charge in [-0.3, -0.25) is 0 Å². The zero-order chi connectivity index (χ0) is 9.03. The van der Waals surface area contributed by atoms with Gasteiger partial charge >= 0.3 is 0 Å². The number of hydrogen-bond donors (Lipinski definition) is 2. The molecule has 3 N–H and O–H groups in total. The number of hydrogen-bond acceptors (Lipinski definition) is 4. The van der Waals surface area contributed by atoms with Crippen LogP contribution in [0.1, 0.15) is 12.8 Å². The smallest absolute Gasteiger partial charge is 0.151 e. The van der Waals surface area contributed by atoms with E-state index >= 15 is 0 Å². The van der Waals surface area contributed by atoms with E-state index in [1.807, 2.05) is 0 Å². The van der Waals surface area contributed by atoms with E-state index in [4.69, 9.17) is 5.73 Å². The molecule has 0 saturated carbocycles. The fourth-order valence-corrected chi connectivity index (χ4v) is 3.14. The SMILES string of the molecule is NCCNC1CCCS(=O)(=O)C1. The molecular formula is C7H16N2O2S. The summed E-state index contributed by atoms with van der Waals surface area (Å²) in [4.78, 5) is 0. The van der Waals surface area contributed by atoms with Gasteiger partial charge in [0.15, 0.2) is 9.84 Å². The second-order valence-electron chi connectivity index (χ2n) is 3.20. The molecule has 12 heavy (non-hydrogen) atoms. The Morgan fingerprint density at radius 3 is 2.83 bits per heavy atom. The van der Waals surface area contributed by atoms with Crippen LogP contribution in [0.15, 0.2) is 0 Å². The van der Waals surface area contributed by atoms with E-state index in [1.165, 1.54) is 0 Å². The van der Waals surface area contributed by atoms with Crippen LogP contribution in [0, 0.1) is 0 Å². The highest BCUT2D eigenvalue weighted by Crippen LogP contribution is 2.11. The Morgan fingerprint density at radius 1 is 1.50 bits per heavy atom. The second kappa shape index (κ2) is 4.20. The van der Waals surface area contributed by atoms with Gasteiger partial charge in [-0.2, -0.15) is 0 Å². The van der Waals surface area contributed by atoms with Gasteiger partial charge in [0.05, 0.1) is 11.5 Å². The van der Waals surface area contributed by atoms with Crippen LogP contribution in [-0.4, -0.2) is 39.1 Å². The lowest BCUT2D eigenvalue weighted by Gasteiger charge is -2.22. The van der Waals surface area contributed by atoms with Crippen LogP contribution in [0.25, 0.3) is 0 Å². The molecule has 4 nitrogen and oxygen atoms in total. The van der Waals surface area contributed by atoms with Crippen molar-refractivity contribution in [2.24, 2.45) is 5.73 Å². The topological polar surface area (TPSA) is 72.2 Å². The third kappa shape index (κ3) is 3.08. The van der Waals surface area contributed by atoms with Crippen LogP contribution < -0.4 is 11.1 Å². The quantitative estimate of drug-likeness (QED) is 0.608. The zero-order valence-corrected chi connectivity index (χ0v) is 7.94. The summed E-state index contributed by atoms with van der Waals surface area (Å²) >= 11 is 0. The van der Waals surface area contributed by atoms with E-state index in [2.05, 4.69) is 5.32 Å². The standard InChI is InChI=1S/C7H16N2O2S/c8-3-4-9-7-2-1-5-12(10,11)6-7/h7,9H,1-6,8H2. The van der Waals surface area contributed by atoms with Crippen LogP contribution in [0.5, 0.6) is 0 Å². The van der Waals surface area contributed by atoms with E-state index in [0.717, 1.165) is 12.8 Å². The molecule has 0 amide bonds. The van der Waals surface area contributed by atoms with Crippen molar-refractivity contribution in [3.05, 3.63) is 0 Å². The first-order valence-electron chi connectivity index (χ1n) is 4.28. The first kappa shape index (κ1) is 9.95. The van der Waals surface area contributed by atoms with E-state index in [9.17, 15) is 8.42 Å². The molecule has 5 heteroatoms. The molecule has 1 aliphatic heterocycles. The van der Waals surface area contributed by atoms with Gasteiger partial charge in [-0.05, 0) is 12.8 Å². The van der Waals surface area contributed by atoms with Crippen molar-refractivity contribution in [1.29, 1.82) is 0 Å². The first-order valence-corrected chi connectivity index (χ1v) is 6.10. The van der Waals surface area contributed by atoms with E-state index in [-0.39, 0.29) is 11.8 Å². The van der Waals surface area contributed by atoms with Crippen LogP contribution in [-0.2, 0) is 9.84 Å². The van der Waals surface area contributed by atoms with E-state index in [1.54, 1.807) is 0 Å². The molecule has 72 valence electrons. The van der Waals surface area contributed by atoms with E-state index in [0.29, 0.717) is 18.8 Å². The van der Waals surface area contributed by atoms with Crippen molar-refractivity contribution in [2.45, 2.75) is 18.9 Å². The maximum absolute atomic E-state index is 11.2. The normalized spacial score (nSPS) is 28.6. The Bertz CT molecular complexity index is 226. The number of rotatable bonds is 3. The van der Waals surface area contributed by atoms with Gasteiger partial charge in [0, 0.05) is 19.1 Å². The molecule has 1 aliphatic rings. The molecular weight excluding hydrogens is 176 g/mol. The van der Waals surface area contributed by atoms with Gasteiger partial charge in [-0.1, -0.05) is 0 Å². The van der Waals surface area contributed by atoms with Gasteiger partial charge in [0.1, 0.15) is 0 Å². The molecule has 1 unspecified atom stereocenters. The Morgan fingerprint density at radius 2 is 2.25 bits per heavy atom. The number of nitrogens with one attached hydrogen (secondary N) is 1. The number of nitrogens with two attached hydrogens (primary N) is 1. The van der Waals surface area contributed by atoms with Crippen molar-refractivity contribution in [1.82, 2.24) is 5.32 Å². The summed E-state index contributed by atoms with van der Waals surface area (Å²) in [6.45, 7) is 1.27. The zero-order valence-electron chi connectivity index (χ0n) is 7.12. The molecule has 1 saturated heterocycles. The molecule has 0 aliphatic carbocycles. The molecule has 0 aromatic rings. The van der Waals surface area contributed by atoms with Gasteiger partial charge in [0.2, 0.25) is 0 Å². The van der Waals surface area contributed by atoms with Crippen molar-refractivity contribution in [3.8, 4) is 0 Å². The average Bonchev–Trinajstić information content (AvgIpc) is 1.99. The maximum atomic E-state index is 11.2. The van der Waals surface area contributed by atoms with Gasteiger partial charge in [0.25, 0.3) is 0 Å². The summed E-state index contributed by atoms with van der Waals surface area (Å²) in [7, 11) is -2.77. The predicted octanol–water partition coefficient (Wildman–Crippen LogP) is -0.888. The van der Waals surface area contributed by atoms with Gasteiger partial charge in [-0.15, -0.1) is 0 Å². The fraction of sp³-hybridized carbons (Fsp3) is 1.00. The molecule has 1 atom stereocenters. The highest BCUT2D eigenvalue weighted by Gasteiger charge is 2.23. The van der Waals surface area contributed by atoms with E-state index < -0.39 is 9.84 Å². The summed E-state index contributed by atoms with van der Waals surface area (Å²) in [5, 5.41) is 3.12. The molecule has 1 heterocycles. The highest BCUT2D eigenvalue weighted by atomic mass is 32.2. The molecule has 0 radical (unpaired) electrons. The van der Waals surface area contributed by atoms with Crippen LogP contribution in [0.3, 0.4) is 0 Å². The maximum Gasteiger partial charge on any atom is 0.151 e. The molecule has 1 fully saturated rings. The predicted molar refractivity (Wildman–Crippen MR) is 48.7 cm³/mol. The van der Waals surface area contributed by atoms with Crippen LogP contribution in [0.4, 0.5) is 0 Å². The van der Waals surface area contributed by atoms with Crippen LogP contribution >= 0.6 is 0 Å². The highest BCUT2D eigenvalue weighted by molar-refractivity contribution is 7.91. The van der Waals surface area contributed by atoms with Gasteiger partial charge < -0.3 is 11.1 Å². The minimum absolute atomic E-state index is 0.132. The van der Waals surface area contributed by atoms with Crippen molar-refractivity contribution < 1.29 is 8.42 Å². The lowest BCUT2D eigenvalue weighted by Crippen LogP contribution is -2.42.